The van der Waals surface area contributed by atoms with Crippen LogP contribution in [0.15, 0.2) is 0 Å². The van der Waals surface area contributed by atoms with Gasteiger partial charge in [-0.2, -0.15) is 0 Å². The van der Waals surface area contributed by atoms with Gasteiger partial charge in [0, 0.05) is 38.1 Å². The summed E-state index contributed by atoms with van der Waals surface area (Å²) < 4.78 is 0. The second kappa shape index (κ2) is 5.54. The molecule has 21 heavy (non-hydrogen) atoms. The fourth-order valence-electron chi connectivity index (χ4n) is 4.84. The molecule has 2 saturated carbocycles. The highest BCUT2D eigenvalue weighted by molar-refractivity contribution is 5.80. The van der Waals surface area contributed by atoms with Gasteiger partial charge in [-0.05, 0) is 57.0 Å². The van der Waals surface area contributed by atoms with Gasteiger partial charge in [0.1, 0.15) is 0 Å². The van der Waals surface area contributed by atoms with Crippen LogP contribution in [-0.2, 0) is 4.79 Å². The molecule has 2 aliphatic carbocycles. The van der Waals surface area contributed by atoms with Crippen LogP contribution in [0.25, 0.3) is 0 Å². The Hall–Kier alpha value is -0.610. The largest absolute Gasteiger partial charge is 0.340 e. The van der Waals surface area contributed by atoms with Gasteiger partial charge in [0.05, 0.1) is 0 Å². The van der Waals surface area contributed by atoms with Crippen LogP contribution in [0.2, 0.25) is 0 Å². The minimum absolute atomic E-state index is 0.346. The van der Waals surface area contributed by atoms with Gasteiger partial charge in [0.25, 0.3) is 0 Å². The number of hydrogen-bond acceptors (Lipinski definition) is 3. The van der Waals surface area contributed by atoms with E-state index in [4.69, 9.17) is 0 Å². The van der Waals surface area contributed by atoms with Gasteiger partial charge < -0.3 is 10.2 Å². The zero-order chi connectivity index (χ0) is 14.3. The van der Waals surface area contributed by atoms with Crippen LogP contribution < -0.4 is 5.32 Å². The molecule has 2 saturated heterocycles. The van der Waals surface area contributed by atoms with Crippen LogP contribution in [0.3, 0.4) is 0 Å². The van der Waals surface area contributed by atoms with E-state index in [1.54, 1.807) is 0 Å². The monoisotopic (exact) mass is 291 g/mol. The van der Waals surface area contributed by atoms with Gasteiger partial charge in [-0.25, -0.2) is 0 Å². The van der Waals surface area contributed by atoms with Crippen molar-refractivity contribution < 1.29 is 4.79 Å². The Balaban J connectivity index is 1.25. The Labute approximate surface area is 128 Å². The summed E-state index contributed by atoms with van der Waals surface area (Å²) in [4.78, 5) is 17.4. The van der Waals surface area contributed by atoms with Crippen molar-refractivity contribution in [2.45, 2.75) is 51.0 Å². The number of piperidine rings is 1. The second-order valence-electron chi connectivity index (χ2n) is 7.80. The van der Waals surface area contributed by atoms with E-state index in [9.17, 15) is 4.79 Å². The van der Waals surface area contributed by atoms with Crippen molar-refractivity contribution in [3.8, 4) is 0 Å². The van der Waals surface area contributed by atoms with Crippen molar-refractivity contribution in [1.82, 2.24) is 15.1 Å². The number of nitrogens with one attached hydrogen (secondary N) is 1. The van der Waals surface area contributed by atoms with Gasteiger partial charge in [-0.3, -0.25) is 9.69 Å². The highest BCUT2D eigenvalue weighted by atomic mass is 16.2. The van der Waals surface area contributed by atoms with E-state index in [1.807, 2.05) is 0 Å². The molecule has 0 unspecified atom stereocenters. The van der Waals surface area contributed by atoms with Crippen LogP contribution in [0, 0.1) is 11.3 Å². The molecule has 0 bridgehead atoms. The van der Waals surface area contributed by atoms with E-state index in [0.29, 0.717) is 17.2 Å². The van der Waals surface area contributed by atoms with Gasteiger partial charge in [0.2, 0.25) is 5.91 Å². The van der Waals surface area contributed by atoms with Crippen LogP contribution in [-0.4, -0.2) is 61.0 Å². The molecule has 0 aromatic carbocycles. The summed E-state index contributed by atoms with van der Waals surface area (Å²) in [5.74, 6) is 0.811. The van der Waals surface area contributed by atoms with E-state index in [0.717, 1.165) is 58.2 Å². The van der Waals surface area contributed by atoms with Crippen molar-refractivity contribution in [3.05, 3.63) is 0 Å². The number of carbonyl (C=O) groups excluding carboxylic acids is 1. The zero-order valence-corrected chi connectivity index (χ0v) is 13.1. The molecule has 4 heteroatoms. The van der Waals surface area contributed by atoms with Crippen LogP contribution >= 0.6 is 0 Å². The molecular formula is C17H29N3O. The molecule has 2 heterocycles. The van der Waals surface area contributed by atoms with Crippen molar-refractivity contribution in [2.24, 2.45) is 11.3 Å². The topological polar surface area (TPSA) is 35.6 Å². The molecule has 4 fully saturated rings. The lowest BCUT2D eigenvalue weighted by Gasteiger charge is -2.51. The van der Waals surface area contributed by atoms with E-state index in [-0.39, 0.29) is 0 Å². The van der Waals surface area contributed by atoms with Gasteiger partial charge in [-0.1, -0.05) is 6.42 Å². The Bertz CT molecular complexity index is 385. The van der Waals surface area contributed by atoms with Gasteiger partial charge >= 0.3 is 0 Å². The standard InChI is InChI=1S/C17H29N3O/c21-16(14-12-17(13-14)4-6-18-7-5-17)20-10-8-19(9-11-20)15-2-1-3-15/h14-15,18H,1-13H2. The maximum Gasteiger partial charge on any atom is 0.225 e. The molecule has 0 atom stereocenters. The van der Waals surface area contributed by atoms with Crippen molar-refractivity contribution in [3.63, 3.8) is 0 Å². The molecule has 4 rings (SSSR count). The quantitative estimate of drug-likeness (QED) is 0.837. The molecule has 1 N–H and O–H groups in total. The molecule has 118 valence electrons. The molecular weight excluding hydrogens is 262 g/mol. The molecule has 4 nitrogen and oxygen atoms in total. The van der Waals surface area contributed by atoms with Crippen molar-refractivity contribution >= 4 is 5.91 Å². The van der Waals surface area contributed by atoms with Gasteiger partial charge in [-0.15, -0.1) is 0 Å². The first kappa shape index (κ1) is 14.0. The maximum absolute atomic E-state index is 12.7. The van der Waals surface area contributed by atoms with Crippen LogP contribution in [0.1, 0.15) is 44.9 Å². The third-order valence-corrected chi connectivity index (χ3v) is 6.59. The highest BCUT2D eigenvalue weighted by Crippen LogP contribution is 2.52. The van der Waals surface area contributed by atoms with Crippen molar-refractivity contribution in [2.75, 3.05) is 39.3 Å². The van der Waals surface area contributed by atoms with E-state index >= 15 is 0 Å². The summed E-state index contributed by atoms with van der Waals surface area (Å²) in [5, 5.41) is 3.44. The van der Waals surface area contributed by atoms with E-state index in [1.165, 1.54) is 32.1 Å². The van der Waals surface area contributed by atoms with E-state index < -0.39 is 0 Å². The van der Waals surface area contributed by atoms with Crippen molar-refractivity contribution in [1.29, 1.82) is 0 Å². The fraction of sp³-hybridized carbons (Fsp3) is 0.941. The Morgan fingerprint density at radius 1 is 1.00 bits per heavy atom. The first-order chi connectivity index (χ1) is 10.3. The number of carbonyl (C=O) groups is 1. The molecule has 0 aromatic heterocycles. The minimum atomic E-state index is 0.346. The summed E-state index contributed by atoms with van der Waals surface area (Å²) >= 11 is 0. The molecule has 4 aliphatic rings. The third kappa shape index (κ3) is 2.61. The lowest BCUT2D eigenvalue weighted by molar-refractivity contribution is -0.147. The first-order valence-corrected chi connectivity index (χ1v) is 8.99. The Morgan fingerprint density at radius 2 is 1.67 bits per heavy atom. The lowest BCUT2D eigenvalue weighted by Crippen LogP contribution is -2.57. The summed E-state index contributed by atoms with van der Waals surface area (Å²) in [6.45, 7) is 6.47. The zero-order valence-electron chi connectivity index (χ0n) is 13.1. The summed E-state index contributed by atoms with van der Waals surface area (Å²) in [6.07, 6.45) is 9.06. The first-order valence-electron chi connectivity index (χ1n) is 8.99. The molecule has 2 aliphatic heterocycles. The highest BCUT2D eigenvalue weighted by Gasteiger charge is 2.48. The number of hydrogen-bond donors (Lipinski definition) is 1. The predicted molar refractivity (Wildman–Crippen MR) is 83.1 cm³/mol. The number of amides is 1. The second-order valence-corrected chi connectivity index (χ2v) is 7.80. The predicted octanol–water partition coefficient (Wildman–Crippen LogP) is 1.46. The number of piperazine rings is 1. The third-order valence-electron chi connectivity index (χ3n) is 6.59. The Kier molecular flexibility index (Phi) is 3.70. The smallest absolute Gasteiger partial charge is 0.225 e. The molecule has 1 spiro atoms. The SMILES string of the molecule is O=C(C1CC2(CCNCC2)C1)N1CCN(C2CCC2)CC1. The lowest BCUT2D eigenvalue weighted by atomic mass is 9.57. The number of rotatable bonds is 2. The fourth-order valence-corrected chi connectivity index (χ4v) is 4.84. The average Bonchev–Trinajstić information content (AvgIpc) is 2.44. The van der Waals surface area contributed by atoms with E-state index in [2.05, 4.69) is 15.1 Å². The summed E-state index contributed by atoms with van der Waals surface area (Å²) in [7, 11) is 0. The Morgan fingerprint density at radius 3 is 2.24 bits per heavy atom. The van der Waals surface area contributed by atoms with Crippen LogP contribution in [0.4, 0.5) is 0 Å². The molecule has 0 radical (unpaired) electrons. The summed E-state index contributed by atoms with van der Waals surface area (Å²) in [5.41, 5.74) is 0.527. The summed E-state index contributed by atoms with van der Waals surface area (Å²) in [6, 6.07) is 0.837. The normalized spacial score (nSPS) is 31.0. The molecule has 0 aromatic rings. The van der Waals surface area contributed by atoms with Crippen LogP contribution in [0.5, 0.6) is 0 Å². The molecule has 1 amide bonds. The maximum atomic E-state index is 12.7. The van der Waals surface area contributed by atoms with Gasteiger partial charge in [0.15, 0.2) is 0 Å². The minimum Gasteiger partial charge on any atom is -0.340 e. The average molecular weight is 291 g/mol. The number of nitrogens with zero attached hydrogens (tertiary/aromatic N) is 2.